The summed E-state index contributed by atoms with van der Waals surface area (Å²) in [5.74, 6) is -0.505. The number of carbonyl (C=O) groups is 1. The Labute approximate surface area is 122 Å². The van der Waals surface area contributed by atoms with E-state index >= 15 is 0 Å². The Balaban J connectivity index is 2.28. The van der Waals surface area contributed by atoms with Crippen molar-refractivity contribution in [2.24, 2.45) is 0 Å². The van der Waals surface area contributed by atoms with Crippen LogP contribution in [0.2, 0.25) is 0 Å². The highest BCUT2D eigenvalue weighted by Gasteiger charge is 2.21. The van der Waals surface area contributed by atoms with Crippen molar-refractivity contribution >= 4 is 5.91 Å². The second-order valence-corrected chi connectivity index (χ2v) is 5.48. The van der Waals surface area contributed by atoms with Crippen LogP contribution in [0.5, 0.6) is 0 Å². The van der Waals surface area contributed by atoms with Crippen LogP contribution in [0.1, 0.15) is 24.2 Å². The number of amides is 1. The molecule has 0 aliphatic carbocycles. The lowest BCUT2D eigenvalue weighted by atomic mass is 10.1. The van der Waals surface area contributed by atoms with Crippen LogP contribution in [0, 0.1) is 0 Å². The third kappa shape index (κ3) is 3.58. The predicted octanol–water partition coefficient (Wildman–Crippen LogP) is 1.54. The predicted molar refractivity (Wildman–Crippen MR) is 81.1 cm³/mol. The lowest BCUT2D eigenvalue weighted by Gasteiger charge is -2.23. The minimum atomic E-state index is -0.776. The van der Waals surface area contributed by atoms with Crippen LogP contribution in [0.4, 0.5) is 0 Å². The van der Waals surface area contributed by atoms with Crippen molar-refractivity contribution in [3.63, 3.8) is 0 Å². The van der Waals surface area contributed by atoms with E-state index in [1.807, 2.05) is 30.3 Å². The summed E-state index contributed by atoms with van der Waals surface area (Å²) in [7, 11) is 0. The molecule has 1 aromatic heterocycles. The number of hydrogen-bond acceptors (Lipinski definition) is 3. The third-order valence-electron chi connectivity index (χ3n) is 3.09. The molecular weight excluding hydrogens is 268 g/mol. The molecule has 0 aliphatic rings. The van der Waals surface area contributed by atoms with Crippen LogP contribution < -0.4 is 10.9 Å². The Morgan fingerprint density at radius 1 is 1.19 bits per heavy atom. The van der Waals surface area contributed by atoms with Gasteiger partial charge in [-0.25, -0.2) is 0 Å². The number of benzene rings is 1. The van der Waals surface area contributed by atoms with E-state index in [0.29, 0.717) is 5.69 Å². The molecule has 0 saturated heterocycles. The summed E-state index contributed by atoms with van der Waals surface area (Å²) in [6.07, 6.45) is 0. The van der Waals surface area contributed by atoms with E-state index in [2.05, 4.69) is 10.3 Å². The summed E-state index contributed by atoms with van der Waals surface area (Å²) < 4.78 is 0. The van der Waals surface area contributed by atoms with Gasteiger partial charge in [0.15, 0.2) is 0 Å². The number of H-pyrrole nitrogens is 1. The van der Waals surface area contributed by atoms with E-state index < -0.39 is 17.0 Å². The summed E-state index contributed by atoms with van der Waals surface area (Å²) in [4.78, 5) is 26.8. The highest BCUT2D eigenvalue weighted by Crippen LogP contribution is 2.14. The molecule has 0 radical (unpaired) electrons. The van der Waals surface area contributed by atoms with Crippen LogP contribution >= 0.6 is 0 Å². The first kappa shape index (κ1) is 15.0. The molecule has 5 heteroatoms. The molecule has 21 heavy (non-hydrogen) atoms. The van der Waals surface area contributed by atoms with E-state index in [0.717, 1.165) is 5.56 Å². The van der Waals surface area contributed by atoms with Gasteiger partial charge in [0.25, 0.3) is 11.5 Å². The maximum Gasteiger partial charge on any atom is 0.261 e. The Bertz CT molecular complexity index is 690. The van der Waals surface area contributed by atoms with Crippen molar-refractivity contribution in [2.75, 3.05) is 6.61 Å². The standard InChI is InChI=1S/C16H18N2O3/c1-16(2,10-19)18-15(21)12-8-9-13(17-14(12)20)11-6-4-3-5-7-11/h3-9,19H,10H2,1-2H3,(H,17,20)(H,18,21). The first-order valence-corrected chi connectivity index (χ1v) is 6.65. The normalized spacial score (nSPS) is 11.2. The minimum absolute atomic E-state index is 0.0243. The van der Waals surface area contributed by atoms with Gasteiger partial charge in [-0.2, -0.15) is 0 Å². The van der Waals surface area contributed by atoms with Crippen molar-refractivity contribution < 1.29 is 9.90 Å². The van der Waals surface area contributed by atoms with Crippen LogP contribution in [0.25, 0.3) is 11.3 Å². The topological polar surface area (TPSA) is 82.2 Å². The number of hydrogen-bond donors (Lipinski definition) is 3. The fourth-order valence-corrected chi connectivity index (χ4v) is 1.85. The summed E-state index contributed by atoms with van der Waals surface area (Å²) in [5.41, 5.74) is 0.316. The number of aromatic nitrogens is 1. The number of aliphatic hydroxyl groups is 1. The molecule has 0 fully saturated rings. The molecule has 1 amide bonds. The van der Waals surface area contributed by atoms with Gasteiger partial charge in [0.05, 0.1) is 12.1 Å². The second-order valence-electron chi connectivity index (χ2n) is 5.48. The highest BCUT2D eigenvalue weighted by atomic mass is 16.3. The number of rotatable bonds is 4. The van der Waals surface area contributed by atoms with Crippen LogP contribution in [-0.4, -0.2) is 28.1 Å². The molecule has 1 heterocycles. The molecular formula is C16H18N2O3. The van der Waals surface area contributed by atoms with Crippen molar-refractivity contribution in [1.29, 1.82) is 0 Å². The second kappa shape index (κ2) is 5.93. The zero-order valence-electron chi connectivity index (χ0n) is 12.0. The largest absolute Gasteiger partial charge is 0.394 e. The monoisotopic (exact) mass is 286 g/mol. The van der Waals surface area contributed by atoms with Gasteiger partial charge in [0.1, 0.15) is 5.56 Å². The first-order chi connectivity index (χ1) is 9.93. The quantitative estimate of drug-likeness (QED) is 0.797. The van der Waals surface area contributed by atoms with E-state index in [1.54, 1.807) is 19.9 Å². The fourth-order valence-electron chi connectivity index (χ4n) is 1.85. The summed E-state index contributed by atoms with van der Waals surface area (Å²) in [6.45, 7) is 3.15. The minimum Gasteiger partial charge on any atom is -0.394 e. The number of pyridine rings is 1. The number of aliphatic hydroxyl groups excluding tert-OH is 1. The third-order valence-corrected chi connectivity index (χ3v) is 3.09. The van der Waals surface area contributed by atoms with E-state index in [4.69, 9.17) is 5.11 Å². The Morgan fingerprint density at radius 2 is 1.86 bits per heavy atom. The molecule has 3 N–H and O–H groups in total. The van der Waals surface area contributed by atoms with Gasteiger partial charge < -0.3 is 15.4 Å². The molecule has 2 aromatic rings. The zero-order chi connectivity index (χ0) is 15.5. The smallest absolute Gasteiger partial charge is 0.261 e. The molecule has 1 aromatic carbocycles. The molecule has 0 spiro atoms. The average Bonchev–Trinajstić information content (AvgIpc) is 2.47. The number of aromatic amines is 1. The van der Waals surface area contributed by atoms with Gasteiger partial charge in [-0.1, -0.05) is 30.3 Å². The van der Waals surface area contributed by atoms with E-state index in [9.17, 15) is 9.59 Å². The number of carbonyl (C=O) groups excluding carboxylic acids is 1. The molecule has 0 unspecified atom stereocenters. The Hall–Kier alpha value is -2.40. The summed E-state index contributed by atoms with van der Waals surface area (Å²) in [5, 5.41) is 11.8. The van der Waals surface area contributed by atoms with Gasteiger partial charge >= 0.3 is 0 Å². The van der Waals surface area contributed by atoms with E-state index in [1.165, 1.54) is 6.07 Å². The van der Waals surface area contributed by atoms with Crippen LogP contribution in [0.3, 0.4) is 0 Å². The highest BCUT2D eigenvalue weighted by molar-refractivity contribution is 5.94. The molecule has 0 bridgehead atoms. The fraction of sp³-hybridized carbons (Fsp3) is 0.250. The molecule has 5 nitrogen and oxygen atoms in total. The summed E-state index contributed by atoms with van der Waals surface area (Å²) >= 11 is 0. The van der Waals surface area contributed by atoms with Gasteiger partial charge in [0, 0.05) is 5.69 Å². The molecule has 110 valence electrons. The summed E-state index contributed by atoms with van der Waals surface area (Å²) in [6, 6.07) is 12.6. The molecule has 0 aliphatic heterocycles. The van der Waals surface area contributed by atoms with Gasteiger partial charge in [-0.3, -0.25) is 9.59 Å². The van der Waals surface area contributed by atoms with Crippen molar-refractivity contribution in [1.82, 2.24) is 10.3 Å². The maximum absolute atomic E-state index is 12.1. The zero-order valence-corrected chi connectivity index (χ0v) is 12.0. The van der Waals surface area contributed by atoms with Gasteiger partial charge in [-0.05, 0) is 31.5 Å². The van der Waals surface area contributed by atoms with E-state index in [-0.39, 0.29) is 12.2 Å². The van der Waals surface area contributed by atoms with Crippen LogP contribution in [0.15, 0.2) is 47.3 Å². The lowest BCUT2D eigenvalue weighted by molar-refractivity contribution is 0.0868. The SMILES string of the molecule is CC(C)(CO)NC(=O)c1ccc(-c2ccccc2)[nH]c1=O. The van der Waals surface area contributed by atoms with Crippen molar-refractivity contribution in [3.8, 4) is 11.3 Å². The molecule has 0 saturated carbocycles. The van der Waals surface area contributed by atoms with Gasteiger partial charge in [0.2, 0.25) is 0 Å². The molecule has 0 atom stereocenters. The van der Waals surface area contributed by atoms with Crippen LogP contribution in [-0.2, 0) is 0 Å². The lowest BCUT2D eigenvalue weighted by Crippen LogP contribution is -2.47. The maximum atomic E-state index is 12.1. The van der Waals surface area contributed by atoms with Crippen molar-refractivity contribution in [2.45, 2.75) is 19.4 Å². The Kier molecular flexibility index (Phi) is 4.23. The number of nitrogens with one attached hydrogen (secondary N) is 2. The molecule has 2 rings (SSSR count). The van der Waals surface area contributed by atoms with Crippen molar-refractivity contribution in [3.05, 3.63) is 58.4 Å². The first-order valence-electron chi connectivity index (χ1n) is 6.65. The Morgan fingerprint density at radius 3 is 2.43 bits per heavy atom. The van der Waals surface area contributed by atoms with Gasteiger partial charge in [-0.15, -0.1) is 0 Å². The average molecular weight is 286 g/mol.